The molecule has 0 aromatic heterocycles. The number of aliphatic imine (C=N–C) groups is 1. The summed E-state index contributed by atoms with van der Waals surface area (Å²) in [6, 6.07) is 8.61. The summed E-state index contributed by atoms with van der Waals surface area (Å²) in [6.07, 6.45) is 6.78. The molecule has 0 saturated carbocycles. The quantitative estimate of drug-likeness (QED) is 0.727. The monoisotopic (exact) mass is 432 g/mol. The Morgan fingerprint density at radius 2 is 1.67 bits per heavy atom. The summed E-state index contributed by atoms with van der Waals surface area (Å²) in [6.45, 7) is 5.10. The van der Waals surface area contributed by atoms with Crippen LogP contribution in [0.15, 0.2) is 41.0 Å². The minimum Gasteiger partial charge on any atom is -0.378 e. The summed E-state index contributed by atoms with van der Waals surface area (Å²) in [5, 5.41) is 0. The van der Waals surface area contributed by atoms with Gasteiger partial charge in [0.25, 0.3) is 0 Å². The average Bonchev–Trinajstić information content (AvgIpc) is 2.76. The first-order valence-electron chi connectivity index (χ1n) is 10.8. The fourth-order valence-corrected chi connectivity index (χ4v) is 5.17. The predicted octanol–water partition coefficient (Wildman–Crippen LogP) is 2.28. The molecule has 0 amide bonds. The Bertz CT molecular complexity index is 899. The maximum atomic E-state index is 12.0. The zero-order valence-corrected chi connectivity index (χ0v) is 18.8. The SMILES string of the molecule is CN1C(CS(C)(=O)=O)=CC(N2CCOCC2)=NC1c1ccc(N2CCCCC2)cc1. The van der Waals surface area contributed by atoms with Crippen molar-refractivity contribution in [1.82, 2.24) is 9.80 Å². The Labute approximate surface area is 179 Å². The smallest absolute Gasteiger partial charge is 0.153 e. The van der Waals surface area contributed by atoms with Gasteiger partial charge in [-0.3, -0.25) is 0 Å². The van der Waals surface area contributed by atoms with Gasteiger partial charge >= 0.3 is 0 Å². The summed E-state index contributed by atoms with van der Waals surface area (Å²) in [5.41, 5.74) is 3.10. The van der Waals surface area contributed by atoms with Crippen molar-refractivity contribution in [2.45, 2.75) is 25.4 Å². The molecule has 1 aromatic rings. The highest BCUT2D eigenvalue weighted by atomic mass is 32.2. The second kappa shape index (κ2) is 8.98. The van der Waals surface area contributed by atoms with E-state index in [2.05, 4.69) is 34.1 Å². The summed E-state index contributed by atoms with van der Waals surface area (Å²) in [5.74, 6) is 0.857. The van der Waals surface area contributed by atoms with Gasteiger partial charge in [-0.15, -0.1) is 0 Å². The van der Waals surface area contributed by atoms with E-state index in [1.165, 1.54) is 31.2 Å². The normalized spacial score (nSPS) is 23.3. The zero-order chi connectivity index (χ0) is 21.1. The van der Waals surface area contributed by atoms with Crippen LogP contribution in [0.25, 0.3) is 0 Å². The minimum absolute atomic E-state index is 0.00915. The van der Waals surface area contributed by atoms with Crippen LogP contribution >= 0.6 is 0 Å². The largest absolute Gasteiger partial charge is 0.378 e. The van der Waals surface area contributed by atoms with E-state index in [9.17, 15) is 8.42 Å². The predicted molar refractivity (Wildman–Crippen MR) is 121 cm³/mol. The molecule has 1 unspecified atom stereocenters. The minimum atomic E-state index is -3.15. The van der Waals surface area contributed by atoms with Crippen LogP contribution in [-0.4, -0.2) is 82.5 Å². The number of rotatable bonds is 4. The Morgan fingerprint density at radius 3 is 2.30 bits per heavy atom. The molecule has 2 saturated heterocycles. The number of sulfone groups is 1. The van der Waals surface area contributed by atoms with E-state index >= 15 is 0 Å². The molecule has 3 aliphatic heterocycles. The Balaban J connectivity index is 1.61. The van der Waals surface area contributed by atoms with Gasteiger partial charge in [-0.1, -0.05) is 12.1 Å². The van der Waals surface area contributed by atoms with Crippen molar-refractivity contribution in [1.29, 1.82) is 0 Å². The van der Waals surface area contributed by atoms with Crippen molar-refractivity contribution >= 4 is 21.4 Å². The molecule has 164 valence electrons. The highest BCUT2D eigenvalue weighted by Crippen LogP contribution is 2.31. The molecule has 3 aliphatic rings. The van der Waals surface area contributed by atoms with E-state index in [1.807, 2.05) is 18.0 Å². The molecule has 1 aromatic carbocycles. The zero-order valence-electron chi connectivity index (χ0n) is 18.0. The van der Waals surface area contributed by atoms with Gasteiger partial charge in [0.05, 0.1) is 19.0 Å². The summed E-state index contributed by atoms with van der Waals surface area (Å²) in [7, 11) is -1.22. The molecule has 4 rings (SSSR count). The lowest BCUT2D eigenvalue weighted by molar-refractivity contribution is 0.0676. The van der Waals surface area contributed by atoms with E-state index in [0.717, 1.165) is 43.3 Å². The molecule has 0 N–H and O–H groups in total. The van der Waals surface area contributed by atoms with Gasteiger partial charge in [0.1, 0.15) is 12.0 Å². The molecular formula is C22H32N4O3S. The van der Waals surface area contributed by atoms with Crippen molar-refractivity contribution in [2.24, 2.45) is 4.99 Å². The highest BCUT2D eigenvalue weighted by molar-refractivity contribution is 7.90. The second-order valence-corrected chi connectivity index (χ2v) is 10.6. The number of anilines is 1. The van der Waals surface area contributed by atoms with Gasteiger partial charge in [0.2, 0.25) is 0 Å². The number of hydrogen-bond donors (Lipinski definition) is 0. The van der Waals surface area contributed by atoms with Crippen LogP contribution in [0.4, 0.5) is 5.69 Å². The number of nitrogens with zero attached hydrogens (tertiary/aromatic N) is 4. The van der Waals surface area contributed by atoms with Gasteiger partial charge < -0.3 is 19.4 Å². The molecular weight excluding hydrogens is 400 g/mol. The second-order valence-electron chi connectivity index (χ2n) is 8.42. The average molecular weight is 433 g/mol. The van der Waals surface area contributed by atoms with Gasteiger partial charge in [0, 0.05) is 56.9 Å². The number of piperidine rings is 1. The third-order valence-corrected chi connectivity index (χ3v) is 6.85. The molecule has 0 bridgehead atoms. The van der Waals surface area contributed by atoms with Crippen molar-refractivity contribution in [2.75, 3.05) is 63.3 Å². The lowest BCUT2D eigenvalue weighted by Crippen LogP contribution is -2.43. The third kappa shape index (κ3) is 4.98. The van der Waals surface area contributed by atoms with Crippen molar-refractivity contribution in [3.63, 3.8) is 0 Å². The van der Waals surface area contributed by atoms with Crippen molar-refractivity contribution in [3.05, 3.63) is 41.6 Å². The first kappa shape index (κ1) is 21.2. The first-order valence-corrected chi connectivity index (χ1v) is 12.8. The number of benzene rings is 1. The van der Waals surface area contributed by atoms with Crippen LogP contribution in [-0.2, 0) is 14.6 Å². The molecule has 2 fully saturated rings. The van der Waals surface area contributed by atoms with E-state index in [4.69, 9.17) is 9.73 Å². The van der Waals surface area contributed by atoms with Gasteiger partial charge in [-0.05, 0) is 37.0 Å². The summed E-state index contributed by atoms with van der Waals surface area (Å²) in [4.78, 5) is 11.6. The Morgan fingerprint density at radius 1 is 1.00 bits per heavy atom. The van der Waals surface area contributed by atoms with Crippen LogP contribution in [0, 0.1) is 0 Å². The maximum Gasteiger partial charge on any atom is 0.153 e. The fourth-order valence-electron chi connectivity index (χ4n) is 4.34. The van der Waals surface area contributed by atoms with Crippen LogP contribution in [0.3, 0.4) is 0 Å². The van der Waals surface area contributed by atoms with Crippen LogP contribution in [0.5, 0.6) is 0 Å². The molecule has 0 radical (unpaired) electrons. The molecule has 0 aliphatic carbocycles. The number of hydrogen-bond acceptors (Lipinski definition) is 7. The lowest BCUT2D eigenvalue weighted by atomic mass is 10.1. The Kier molecular flexibility index (Phi) is 6.34. The molecule has 3 heterocycles. The molecule has 30 heavy (non-hydrogen) atoms. The van der Waals surface area contributed by atoms with Crippen LogP contribution < -0.4 is 4.90 Å². The van der Waals surface area contributed by atoms with Crippen molar-refractivity contribution < 1.29 is 13.2 Å². The molecule has 1 atom stereocenters. The van der Waals surface area contributed by atoms with E-state index in [0.29, 0.717) is 13.2 Å². The van der Waals surface area contributed by atoms with E-state index < -0.39 is 9.84 Å². The fraction of sp³-hybridized carbons (Fsp3) is 0.591. The van der Waals surface area contributed by atoms with E-state index in [-0.39, 0.29) is 11.9 Å². The standard InChI is InChI=1S/C22H32N4O3S/c1-24-20(17-30(2,27)28)16-21(26-12-14-29-15-13-26)23-22(24)18-6-8-19(9-7-18)25-10-4-3-5-11-25/h6-9,16,22H,3-5,10-15,17H2,1-2H3. The molecule has 8 heteroatoms. The molecule has 0 spiro atoms. The van der Waals surface area contributed by atoms with Crippen LogP contribution in [0.1, 0.15) is 31.0 Å². The maximum absolute atomic E-state index is 12.0. The summed E-state index contributed by atoms with van der Waals surface area (Å²) >= 11 is 0. The lowest BCUT2D eigenvalue weighted by Gasteiger charge is -2.37. The Hall–Kier alpha value is -2.06. The van der Waals surface area contributed by atoms with E-state index in [1.54, 1.807) is 0 Å². The van der Waals surface area contributed by atoms with Gasteiger partial charge in [-0.2, -0.15) is 0 Å². The van der Waals surface area contributed by atoms with Gasteiger partial charge in [0.15, 0.2) is 9.84 Å². The number of morpholine rings is 1. The number of amidine groups is 1. The van der Waals surface area contributed by atoms with Crippen LogP contribution in [0.2, 0.25) is 0 Å². The van der Waals surface area contributed by atoms with Gasteiger partial charge in [-0.25, -0.2) is 13.4 Å². The summed E-state index contributed by atoms with van der Waals surface area (Å²) < 4.78 is 29.6. The topological polar surface area (TPSA) is 65.5 Å². The van der Waals surface area contributed by atoms with Crippen molar-refractivity contribution in [3.8, 4) is 0 Å². The molecule has 7 nitrogen and oxygen atoms in total. The highest BCUT2D eigenvalue weighted by Gasteiger charge is 2.28. The first-order chi connectivity index (χ1) is 14.4. The number of ether oxygens (including phenoxy) is 1. The third-order valence-electron chi connectivity index (χ3n) is 6.03.